The molecule has 1 amide bonds. The fraction of sp³-hybridized carbons (Fsp3) is 0.385. The predicted molar refractivity (Wildman–Crippen MR) is 64.4 cm³/mol. The fourth-order valence-corrected chi connectivity index (χ4v) is 1.49. The Kier molecular flexibility index (Phi) is 5.30. The number of hydrogen-bond donors (Lipinski definition) is 0. The summed E-state index contributed by atoms with van der Waals surface area (Å²) in [7, 11) is 1.28. The monoisotopic (exact) mass is 253 g/mol. The van der Waals surface area contributed by atoms with Crippen LogP contribution in [0.5, 0.6) is 0 Å². The van der Waals surface area contributed by atoms with Crippen LogP contribution in [0.25, 0.3) is 0 Å². The minimum absolute atomic E-state index is 0.0625. The molecule has 0 bridgehead atoms. The summed E-state index contributed by atoms with van der Waals surface area (Å²) in [5.41, 5.74) is 0.713. The van der Waals surface area contributed by atoms with Gasteiger partial charge < -0.3 is 9.64 Å². The third kappa shape index (κ3) is 4.16. The Labute approximate surface area is 105 Å². The largest absolute Gasteiger partial charge is 0.468 e. The summed E-state index contributed by atoms with van der Waals surface area (Å²) in [4.78, 5) is 24.4. The van der Waals surface area contributed by atoms with Crippen LogP contribution >= 0.6 is 0 Å². The van der Waals surface area contributed by atoms with E-state index in [2.05, 4.69) is 4.74 Å². The number of amides is 1. The molecule has 0 spiro atoms. The smallest absolute Gasteiger partial charge is 0.325 e. The number of likely N-dealkylation sites (N-methyl/N-ethyl adjacent to an activating group) is 1. The maximum Gasteiger partial charge on any atom is 0.325 e. The van der Waals surface area contributed by atoms with E-state index in [4.69, 9.17) is 0 Å². The zero-order chi connectivity index (χ0) is 13.5. The van der Waals surface area contributed by atoms with Crippen LogP contribution in [0.1, 0.15) is 12.5 Å². The van der Waals surface area contributed by atoms with Gasteiger partial charge in [0.1, 0.15) is 12.4 Å². The summed E-state index contributed by atoms with van der Waals surface area (Å²) in [6, 6.07) is 5.72. The first-order valence-electron chi connectivity index (χ1n) is 5.65. The molecule has 98 valence electrons. The van der Waals surface area contributed by atoms with Gasteiger partial charge in [-0.1, -0.05) is 12.1 Å². The van der Waals surface area contributed by atoms with Gasteiger partial charge in [0.25, 0.3) is 0 Å². The molecule has 0 atom stereocenters. The molecule has 0 saturated heterocycles. The summed E-state index contributed by atoms with van der Waals surface area (Å²) < 4.78 is 17.2. The maximum atomic E-state index is 12.7. The molecule has 0 fully saturated rings. The molecule has 1 aromatic rings. The number of hydrogen-bond acceptors (Lipinski definition) is 3. The molecular formula is C13H16FNO3. The molecule has 0 unspecified atom stereocenters. The van der Waals surface area contributed by atoms with Crippen molar-refractivity contribution < 1.29 is 18.7 Å². The summed E-state index contributed by atoms with van der Waals surface area (Å²) in [5.74, 6) is -0.980. The van der Waals surface area contributed by atoms with Crippen molar-refractivity contribution in [1.29, 1.82) is 0 Å². The Balaban J connectivity index is 2.62. The molecular weight excluding hydrogens is 237 g/mol. The highest BCUT2D eigenvalue weighted by atomic mass is 19.1. The van der Waals surface area contributed by atoms with Gasteiger partial charge in [-0.25, -0.2) is 4.39 Å². The topological polar surface area (TPSA) is 46.6 Å². The van der Waals surface area contributed by atoms with Crippen LogP contribution in [-0.4, -0.2) is 37.0 Å². The maximum absolute atomic E-state index is 12.7. The fourth-order valence-electron chi connectivity index (χ4n) is 1.49. The molecule has 0 aliphatic rings. The number of ether oxygens (including phenoxy) is 1. The summed E-state index contributed by atoms with van der Waals surface area (Å²) in [5, 5.41) is 0. The minimum Gasteiger partial charge on any atom is -0.468 e. The van der Waals surface area contributed by atoms with Crippen LogP contribution < -0.4 is 0 Å². The lowest BCUT2D eigenvalue weighted by atomic mass is 10.1. The van der Waals surface area contributed by atoms with Crippen molar-refractivity contribution in [3.8, 4) is 0 Å². The lowest BCUT2D eigenvalue weighted by molar-refractivity contribution is -0.146. The van der Waals surface area contributed by atoms with E-state index in [0.717, 1.165) is 0 Å². The van der Waals surface area contributed by atoms with Crippen LogP contribution in [0.3, 0.4) is 0 Å². The van der Waals surface area contributed by atoms with Gasteiger partial charge in [-0.15, -0.1) is 0 Å². The van der Waals surface area contributed by atoms with Crippen molar-refractivity contribution in [2.24, 2.45) is 0 Å². The van der Waals surface area contributed by atoms with Crippen LogP contribution in [0.2, 0.25) is 0 Å². The second-order valence-corrected chi connectivity index (χ2v) is 3.79. The van der Waals surface area contributed by atoms with Gasteiger partial charge in [0.2, 0.25) is 5.91 Å². The molecule has 0 saturated carbocycles. The van der Waals surface area contributed by atoms with Gasteiger partial charge in [-0.2, -0.15) is 0 Å². The number of carbonyl (C=O) groups is 2. The Bertz CT molecular complexity index is 417. The van der Waals surface area contributed by atoms with E-state index in [0.29, 0.717) is 12.1 Å². The van der Waals surface area contributed by atoms with E-state index in [1.54, 1.807) is 19.1 Å². The third-order valence-corrected chi connectivity index (χ3v) is 2.55. The van der Waals surface area contributed by atoms with Gasteiger partial charge in [0.05, 0.1) is 13.5 Å². The van der Waals surface area contributed by atoms with Crippen LogP contribution in [0.4, 0.5) is 4.39 Å². The summed E-state index contributed by atoms with van der Waals surface area (Å²) in [6.45, 7) is 2.15. The highest BCUT2D eigenvalue weighted by Crippen LogP contribution is 2.05. The molecule has 1 aromatic carbocycles. The van der Waals surface area contributed by atoms with Crippen LogP contribution in [0.15, 0.2) is 24.3 Å². The van der Waals surface area contributed by atoms with Crippen molar-refractivity contribution in [2.75, 3.05) is 20.2 Å². The molecule has 0 aliphatic carbocycles. The van der Waals surface area contributed by atoms with E-state index in [9.17, 15) is 14.0 Å². The minimum atomic E-state index is -0.454. The van der Waals surface area contributed by atoms with Crippen LogP contribution in [0, 0.1) is 5.82 Å². The van der Waals surface area contributed by atoms with E-state index in [1.807, 2.05) is 0 Å². The number of rotatable bonds is 5. The number of carbonyl (C=O) groups excluding carboxylic acids is 2. The van der Waals surface area contributed by atoms with E-state index < -0.39 is 5.97 Å². The van der Waals surface area contributed by atoms with E-state index >= 15 is 0 Å². The van der Waals surface area contributed by atoms with Crippen molar-refractivity contribution in [3.63, 3.8) is 0 Å². The second-order valence-electron chi connectivity index (χ2n) is 3.79. The highest BCUT2D eigenvalue weighted by Gasteiger charge is 2.16. The molecule has 18 heavy (non-hydrogen) atoms. The molecule has 4 nitrogen and oxygen atoms in total. The zero-order valence-corrected chi connectivity index (χ0v) is 10.5. The first kappa shape index (κ1) is 14.2. The predicted octanol–water partition coefficient (Wildman–Crippen LogP) is 1.39. The lowest BCUT2D eigenvalue weighted by Crippen LogP contribution is -2.37. The highest BCUT2D eigenvalue weighted by molar-refractivity contribution is 5.83. The summed E-state index contributed by atoms with van der Waals surface area (Å²) in [6.07, 6.45) is 0.144. The third-order valence-electron chi connectivity index (χ3n) is 2.55. The Hall–Kier alpha value is -1.91. The quantitative estimate of drug-likeness (QED) is 0.745. The van der Waals surface area contributed by atoms with Gasteiger partial charge in [-0.3, -0.25) is 9.59 Å². The number of benzene rings is 1. The van der Waals surface area contributed by atoms with Gasteiger partial charge in [-0.05, 0) is 24.6 Å². The van der Waals surface area contributed by atoms with Crippen molar-refractivity contribution in [2.45, 2.75) is 13.3 Å². The van der Waals surface area contributed by atoms with E-state index in [-0.39, 0.29) is 24.7 Å². The van der Waals surface area contributed by atoms with Gasteiger partial charge >= 0.3 is 5.97 Å². The number of nitrogens with zero attached hydrogens (tertiary/aromatic N) is 1. The van der Waals surface area contributed by atoms with Crippen molar-refractivity contribution in [3.05, 3.63) is 35.6 Å². The number of esters is 1. The standard InChI is InChI=1S/C13H16FNO3/c1-3-15(9-13(17)18-2)12(16)8-10-4-6-11(14)7-5-10/h4-7H,3,8-9H2,1-2H3. The average molecular weight is 253 g/mol. The second kappa shape index (κ2) is 6.74. The average Bonchev–Trinajstić information content (AvgIpc) is 2.38. The van der Waals surface area contributed by atoms with Gasteiger partial charge in [0, 0.05) is 6.54 Å². The number of methoxy groups -OCH3 is 1. The first-order chi connectivity index (χ1) is 8.56. The lowest BCUT2D eigenvalue weighted by Gasteiger charge is -2.19. The number of halogens is 1. The van der Waals surface area contributed by atoms with E-state index in [1.165, 1.54) is 24.1 Å². The Morgan fingerprint density at radius 1 is 1.28 bits per heavy atom. The van der Waals surface area contributed by atoms with Crippen molar-refractivity contribution in [1.82, 2.24) is 4.90 Å². The summed E-state index contributed by atoms with van der Waals surface area (Å²) >= 11 is 0. The molecule has 0 aliphatic heterocycles. The molecule has 1 rings (SSSR count). The van der Waals surface area contributed by atoms with Crippen molar-refractivity contribution >= 4 is 11.9 Å². The van der Waals surface area contributed by atoms with Crippen LogP contribution in [-0.2, 0) is 20.7 Å². The molecule has 0 radical (unpaired) electrons. The molecule has 0 N–H and O–H groups in total. The Morgan fingerprint density at radius 3 is 2.39 bits per heavy atom. The molecule has 5 heteroatoms. The van der Waals surface area contributed by atoms with Gasteiger partial charge in [0.15, 0.2) is 0 Å². The zero-order valence-electron chi connectivity index (χ0n) is 10.5. The first-order valence-corrected chi connectivity index (χ1v) is 5.65. The molecule has 0 heterocycles. The Morgan fingerprint density at radius 2 is 1.89 bits per heavy atom. The normalized spacial score (nSPS) is 9.94. The SMILES string of the molecule is CCN(CC(=O)OC)C(=O)Cc1ccc(F)cc1. The molecule has 0 aromatic heterocycles.